The van der Waals surface area contributed by atoms with E-state index in [2.05, 4.69) is 52.1 Å². The lowest BCUT2D eigenvalue weighted by Crippen LogP contribution is -2.43. The van der Waals surface area contributed by atoms with Gasteiger partial charge in [-0.25, -0.2) is 0 Å². The van der Waals surface area contributed by atoms with Crippen molar-refractivity contribution in [1.29, 1.82) is 0 Å². The highest BCUT2D eigenvalue weighted by atomic mass is 32.1. The standard InChI is InChI=1S/C26H38O4S/c1-6-19(11-12-25(4,5)26(29,7-2)8-3)22-14-24(31-18-22)17-30-23-10-9-20(15-27)21(13-23)16-28/h9-11,13-14,18,27-29H,6-8,12,15-17H2,1-5H3. The van der Waals surface area contributed by atoms with Crippen molar-refractivity contribution in [3.05, 3.63) is 57.3 Å². The molecule has 0 amide bonds. The molecule has 0 spiro atoms. The molecule has 1 heterocycles. The molecule has 0 aliphatic heterocycles. The average Bonchev–Trinajstić information content (AvgIpc) is 3.25. The Kier molecular flexibility index (Phi) is 9.31. The topological polar surface area (TPSA) is 69.9 Å². The van der Waals surface area contributed by atoms with Crippen LogP contribution in [0.15, 0.2) is 35.7 Å². The maximum atomic E-state index is 11.0. The molecule has 0 unspecified atom stereocenters. The van der Waals surface area contributed by atoms with E-state index in [1.807, 2.05) is 6.07 Å². The highest BCUT2D eigenvalue weighted by molar-refractivity contribution is 7.10. The van der Waals surface area contributed by atoms with Crippen molar-refractivity contribution in [1.82, 2.24) is 0 Å². The number of rotatable bonds is 12. The molecule has 1 aromatic carbocycles. The number of aliphatic hydroxyl groups is 3. The van der Waals surface area contributed by atoms with E-state index in [1.54, 1.807) is 23.5 Å². The van der Waals surface area contributed by atoms with Gasteiger partial charge in [-0.2, -0.15) is 0 Å². The van der Waals surface area contributed by atoms with Crippen molar-refractivity contribution in [2.24, 2.45) is 5.41 Å². The smallest absolute Gasteiger partial charge is 0.122 e. The number of allylic oxidation sites excluding steroid dienone is 2. The number of hydrogen-bond acceptors (Lipinski definition) is 5. The summed E-state index contributed by atoms with van der Waals surface area (Å²) in [7, 11) is 0. The van der Waals surface area contributed by atoms with Gasteiger partial charge in [-0.05, 0) is 76.9 Å². The van der Waals surface area contributed by atoms with Crippen LogP contribution >= 0.6 is 11.3 Å². The Labute approximate surface area is 191 Å². The summed E-state index contributed by atoms with van der Waals surface area (Å²) in [6.07, 6.45) is 5.56. The highest BCUT2D eigenvalue weighted by Gasteiger charge is 2.39. The Morgan fingerprint density at radius 1 is 1.03 bits per heavy atom. The molecule has 0 saturated heterocycles. The van der Waals surface area contributed by atoms with Gasteiger partial charge in [0.05, 0.1) is 18.8 Å². The third-order valence-corrected chi connectivity index (χ3v) is 7.50. The molecule has 0 saturated carbocycles. The fourth-order valence-corrected chi connectivity index (χ4v) is 4.83. The summed E-state index contributed by atoms with van der Waals surface area (Å²) < 4.78 is 5.91. The lowest BCUT2D eigenvalue weighted by molar-refractivity contribution is -0.0716. The van der Waals surface area contributed by atoms with Gasteiger partial charge in [0, 0.05) is 4.88 Å². The van der Waals surface area contributed by atoms with Gasteiger partial charge in [0.15, 0.2) is 0 Å². The Morgan fingerprint density at radius 2 is 1.71 bits per heavy atom. The Hall–Kier alpha value is -1.66. The number of aliphatic hydroxyl groups excluding tert-OH is 2. The first kappa shape index (κ1) is 25.6. The molecule has 4 nitrogen and oxygen atoms in total. The van der Waals surface area contributed by atoms with Crippen LogP contribution in [0.25, 0.3) is 5.57 Å². The molecule has 5 heteroatoms. The fourth-order valence-electron chi connectivity index (χ4n) is 4.01. The first-order valence-corrected chi connectivity index (χ1v) is 12.1. The molecule has 2 aromatic rings. The summed E-state index contributed by atoms with van der Waals surface area (Å²) in [5.41, 5.74) is 3.06. The molecule has 1 aromatic heterocycles. The molecule has 0 aliphatic carbocycles. The Morgan fingerprint density at radius 3 is 2.29 bits per heavy atom. The maximum Gasteiger partial charge on any atom is 0.122 e. The second-order valence-electron chi connectivity index (χ2n) is 8.75. The van der Waals surface area contributed by atoms with Crippen LogP contribution in [-0.2, 0) is 19.8 Å². The van der Waals surface area contributed by atoms with Crippen LogP contribution < -0.4 is 4.74 Å². The van der Waals surface area contributed by atoms with Crippen molar-refractivity contribution >= 4 is 16.9 Å². The molecule has 0 fully saturated rings. The minimum Gasteiger partial charge on any atom is -0.488 e. The molecular weight excluding hydrogens is 408 g/mol. The van der Waals surface area contributed by atoms with Gasteiger partial charge in [-0.1, -0.05) is 46.8 Å². The lowest BCUT2D eigenvalue weighted by atomic mass is 9.69. The van der Waals surface area contributed by atoms with E-state index in [4.69, 9.17) is 4.74 Å². The van der Waals surface area contributed by atoms with Crippen LogP contribution in [0.4, 0.5) is 0 Å². The molecule has 172 valence electrons. The molecular formula is C26H38O4S. The van der Waals surface area contributed by atoms with Gasteiger partial charge in [0.2, 0.25) is 0 Å². The van der Waals surface area contributed by atoms with E-state index in [-0.39, 0.29) is 18.6 Å². The predicted octanol–water partition coefficient (Wildman–Crippen LogP) is 6.07. The quantitative estimate of drug-likeness (QED) is 0.370. The number of hydrogen-bond donors (Lipinski definition) is 3. The van der Waals surface area contributed by atoms with Crippen molar-refractivity contribution in [2.45, 2.75) is 85.7 Å². The molecule has 0 bridgehead atoms. The number of benzene rings is 1. The zero-order valence-electron chi connectivity index (χ0n) is 19.6. The van der Waals surface area contributed by atoms with Gasteiger partial charge < -0.3 is 20.1 Å². The van der Waals surface area contributed by atoms with E-state index < -0.39 is 5.60 Å². The predicted molar refractivity (Wildman–Crippen MR) is 129 cm³/mol. The molecule has 0 aliphatic rings. The molecule has 3 N–H and O–H groups in total. The second-order valence-corrected chi connectivity index (χ2v) is 9.74. The van der Waals surface area contributed by atoms with Gasteiger partial charge >= 0.3 is 0 Å². The van der Waals surface area contributed by atoms with Gasteiger partial charge in [0.25, 0.3) is 0 Å². The first-order valence-electron chi connectivity index (χ1n) is 11.2. The summed E-state index contributed by atoms with van der Waals surface area (Å²) in [6.45, 7) is 10.8. The van der Waals surface area contributed by atoms with Gasteiger partial charge in [-0.3, -0.25) is 0 Å². The fraction of sp³-hybridized carbons (Fsp3) is 0.538. The summed E-state index contributed by atoms with van der Waals surface area (Å²) in [6, 6.07) is 7.56. The van der Waals surface area contributed by atoms with Crippen molar-refractivity contribution < 1.29 is 20.1 Å². The molecule has 31 heavy (non-hydrogen) atoms. The minimum absolute atomic E-state index is 0.0959. The van der Waals surface area contributed by atoms with Crippen LogP contribution in [0.1, 0.15) is 81.9 Å². The van der Waals surface area contributed by atoms with Gasteiger partial charge in [0.1, 0.15) is 12.4 Å². The van der Waals surface area contributed by atoms with Crippen LogP contribution in [0, 0.1) is 5.41 Å². The zero-order chi connectivity index (χ0) is 23.1. The SMILES string of the molecule is CCC(=CCC(C)(C)C(O)(CC)CC)c1csc(COc2ccc(CO)c(CO)c2)c1. The zero-order valence-corrected chi connectivity index (χ0v) is 20.4. The van der Waals surface area contributed by atoms with E-state index in [9.17, 15) is 15.3 Å². The average molecular weight is 447 g/mol. The van der Waals surface area contributed by atoms with E-state index in [0.29, 0.717) is 23.5 Å². The normalized spacial score (nSPS) is 13.0. The van der Waals surface area contributed by atoms with Crippen molar-refractivity contribution in [2.75, 3.05) is 0 Å². The maximum absolute atomic E-state index is 11.0. The number of ether oxygens (including phenoxy) is 1. The van der Waals surface area contributed by atoms with Crippen molar-refractivity contribution in [3.63, 3.8) is 0 Å². The molecule has 2 rings (SSSR count). The van der Waals surface area contributed by atoms with E-state index in [1.165, 1.54) is 11.1 Å². The van der Waals surface area contributed by atoms with Crippen molar-refractivity contribution in [3.8, 4) is 5.75 Å². The van der Waals surface area contributed by atoms with Crippen LogP contribution in [0.5, 0.6) is 5.75 Å². The summed E-state index contributed by atoms with van der Waals surface area (Å²) >= 11 is 1.67. The lowest BCUT2D eigenvalue weighted by Gasteiger charge is -2.41. The number of thiophene rings is 1. The third-order valence-electron chi connectivity index (χ3n) is 6.59. The summed E-state index contributed by atoms with van der Waals surface area (Å²) in [5.74, 6) is 0.683. The Balaban J connectivity index is 2.08. The van der Waals surface area contributed by atoms with E-state index in [0.717, 1.165) is 30.6 Å². The van der Waals surface area contributed by atoms with Crippen LogP contribution in [-0.4, -0.2) is 20.9 Å². The molecule has 0 radical (unpaired) electrons. The van der Waals surface area contributed by atoms with Crippen LogP contribution in [0.3, 0.4) is 0 Å². The van der Waals surface area contributed by atoms with Crippen LogP contribution in [0.2, 0.25) is 0 Å². The van der Waals surface area contributed by atoms with E-state index >= 15 is 0 Å². The largest absolute Gasteiger partial charge is 0.488 e. The monoisotopic (exact) mass is 446 g/mol. The Bertz CT molecular complexity index is 862. The summed E-state index contributed by atoms with van der Waals surface area (Å²) in [5, 5.41) is 31.9. The minimum atomic E-state index is -0.658. The highest BCUT2D eigenvalue weighted by Crippen LogP contribution is 2.40. The second kappa shape index (κ2) is 11.3. The molecule has 0 atom stereocenters. The first-order chi connectivity index (χ1) is 14.7. The summed E-state index contributed by atoms with van der Waals surface area (Å²) in [4.78, 5) is 1.13. The van der Waals surface area contributed by atoms with Gasteiger partial charge in [-0.15, -0.1) is 11.3 Å². The third kappa shape index (κ3) is 6.19.